The number of anilines is 1. The largest absolute Gasteiger partial charge is 0.416 e. The molecule has 1 amide bonds. The van der Waals surface area contributed by atoms with Crippen LogP contribution in [-0.2, 0) is 12.6 Å². The Labute approximate surface area is 188 Å². The van der Waals surface area contributed by atoms with E-state index in [1.54, 1.807) is 0 Å². The Morgan fingerprint density at radius 3 is 2.47 bits per heavy atom. The molecular weight excluding hydrogens is 457 g/mol. The number of hydrogen-bond acceptors (Lipinski definition) is 5. The quantitative estimate of drug-likeness (QED) is 0.356. The summed E-state index contributed by atoms with van der Waals surface area (Å²) < 4.78 is 39.8. The number of hydrogen-bond donors (Lipinski definition) is 1. The van der Waals surface area contributed by atoms with E-state index in [0.717, 1.165) is 28.6 Å². The molecule has 0 fully saturated rings. The Morgan fingerprint density at radius 1 is 1.00 bits per heavy atom. The van der Waals surface area contributed by atoms with E-state index in [2.05, 4.69) is 10.3 Å². The summed E-state index contributed by atoms with van der Waals surface area (Å²) in [6.07, 6.45) is -2.50. The zero-order valence-corrected chi connectivity index (χ0v) is 18.1. The van der Waals surface area contributed by atoms with Gasteiger partial charge in [0, 0.05) is 22.1 Å². The number of halogens is 3. The smallest absolute Gasteiger partial charge is 0.297 e. The second-order valence-corrected chi connectivity index (χ2v) is 9.45. The first-order valence-corrected chi connectivity index (χ1v) is 11.5. The van der Waals surface area contributed by atoms with Gasteiger partial charge in [-0.25, -0.2) is 4.98 Å². The maximum atomic E-state index is 13.2. The molecule has 1 aliphatic rings. The standard InChI is InChI=1S/C23H15F3N2O2S2/c24-23(25,26)13-10-8-12(9-11-13)18-14-4-1-2-7-17(14)31-20(18)21(30)28-22-27-15-5-3-6-16(29)19(15)32-22/h1-2,4,7-11H,3,5-6H2,(H,27,28,30). The number of nitrogens with zero attached hydrogens (tertiary/aromatic N) is 1. The number of thiophene rings is 1. The number of aromatic nitrogens is 1. The van der Waals surface area contributed by atoms with E-state index >= 15 is 0 Å². The molecule has 0 saturated heterocycles. The van der Waals surface area contributed by atoms with E-state index < -0.39 is 17.6 Å². The fraction of sp³-hybridized carbons (Fsp3) is 0.174. The number of rotatable bonds is 3. The summed E-state index contributed by atoms with van der Waals surface area (Å²) in [4.78, 5) is 30.7. The number of amides is 1. The number of aryl methyl sites for hydroxylation is 1. The fourth-order valence-electron chi connectivity index (χ4n) is 3.79. The first-order valence-electron chi connectivity index (χ1n) is 9.84. The summed E-state index contributed by atoms with van der Waals surface area (Å²) in [5, 5.41) is 3.93. The predicted octanol–water partition coefficient (Wildman–Crippen LogP) is 6.81. The van der Waals surface area contributed by atoms with Crippen molar-refractivity contribution in [1.29, 1.82) is 0 Å². The summed E-state index contributed by atoms with van der Waals surface area (Å²) in [6, 6.07) is 12.2. The SMILES string of the molecule is O=C1CCCc2nc(NC(=O)c3sc4ccccc4c3-c3ccc(C(F)(F)F)cc3)sc21. The predicted molar refractivity (Wildman–Crippen MR) is 120 cm³/mol. The highest BCUT2D eigenvalue weighted by Crippen LogP contribution is 2.40. The molecule has 0 saturated carbocycles. The van der Waals surface area contributed by atoms with Crippen molar-refractivity contribution < 1.29 is 22.8 Å². The number of nitrogens with one attached hydrogen (secondary N) is 1. The number of alkyl halides is 3. The van der Waals surface area contributed by atoms with Gasteiger partial charge in [-0.05, 0) is 36.6 Å². The van der Waals surface area contributed by atoms with E-state index in [0.29, 0.717) is 44.5 Å². The number of fused-ring (bicyclic) bond motifs is 2. The molecule has 0 bridgehead atoms. The number of thiazole rings is 1. The van der Waals surface area contributed by atoms with Gasteiger partial charge in [0.25, 0.3) is 5.91 Å². The lowest BCUT2D eigenvalue weighted by molar-refractivity contribution is -0.137. The molecule has 4 aromatic rings. The highest BCUT2D eigenvalue weighted by molar-refractivity contribution is 7.22. The van der Waals surface area contributed by atoms with E-state index in [1.165, 1.54) is 34.8 Å². The van der Waals surface area contributed by atoms with Gasteiger partial charge in [-0.3, -0.25) is 14.9 Å². The molecule has 2 aromatic heterocycles. The lowest BCUT2D eigenvalue weighted by Crippen LogP contribution is -2.11. The third-order valence-corrected chi connectivity index (χ3v) is 7.51. The minimum atomic E-state index is -4.43. The van der Waals surface area contributed by atoms with Crippen molar-refractivity contribution in [1.82, 2.24) is 4.98 Å². The second kappa shape index (κ2) is 7.83. The van der Waals surface area contributed by atoms with E-state index in [1.807, 2.05) is 24.3 Å². The molecule has 4 nitrogen and oxygen atoms in total. The van der Waals surface area contributed by atoms with Crippen LogP contribution in [0.25, 0.3) is 21.2 Å². The van der Waals surface area contributed by atoms with Crippen LogP contribution >= 0.6 is 22.7 Å². The van der Waals surface area contributed by atoms with E-state index in [-0.39, 0.29) is 5.78 Å². The van der Waals surface area contributed by atoms with Crippen LogP contribution in [0.4, 0.5) is 18.3 Å². The number of Topliss-reactive ketones (excluding diaryl/α,β-unsaturated/α-hetero) is 1. The second-order valence-electron chi connectivity index (χ2n) is 7.40. The van der Waals surface area contributed by atoms with Crippen LogP contribution in [0.5, 0.6) is 0 Å². The number of benzene rings is 2. The zero-order valence-electron chi connectivity index (χ0n) is 16.5. The molecule has 1 aliphatic carbocycles. The lowest BCUT2D eigenvalue weighted by Gasteiger charge is -2.09. The molecule has 1 N–H and O–H groups in total. The van der Waals surface area contributed by atoms with Crippen molar-refractivity contribution in [2.45, 2.75) is 25.4 Å². The van der Waals surface area contributed by atoms with Crippen LogP contribution in [0.15, 0.2) is 48.5 Å². The molecule has 0 unspecified atom stereocenters. The van der Waals surface area contributed by atoms with Crippen LogP contribution in [0.1, 0.15) is 43.4 Å². The molecule has 0 radical (unpaired) electrons. The molecule has 9 heteroatoms. The van der Waals surface area contributed by atoms with Crippen LogP contribution < -0.4 is 5.32 Å². The molecule has 2 heterocycles. The van der Waals surface area contributed by atoms with Gasteiger partial charge in [0.1, 0.15) is 4.88 Å². The maximum absolute atomic E-state index is 13.2. The van der Waals surface area contributed by atoms with Gasteiger partial charge >= 0.3 is 6.18 Å². The van der Waals surface area contributed by atoms with E-state index in [9.17, 15) is 22.8 Å². The molecule has 0 atom stereocenters. The van der Waals surface area contributed by atoms with Crippen LogP contribution in [0.3, 0.4) is 0 Å². The van der Waals surface area contributed by atoms with Crippen molar-refractivity contribution in [2.24, 2.45) is 0 Å². The molecule has 2 aromatic carbocycles. The third kappa shape index (κ3) is 3.71. The summed E-state index contributed by atoms with van der Waals surface area (Å²) in [5.41, 5.74) is 1.06. The first kappa shape index (κ1) is 20.8. The van der Waals surface area contributed by atoms with Gasteiger partial charge in [-0.15, -0.1) is 11.3 Å². The topological polar surface area (TPSA) is 59.1 Å². The fourth-order valence-corrected chi connectivity index (χ4v) is 5.89. The van der Waals surface area contributed by atoms with Crippen LogP contribution in [0.2, 0.25) is 0 Å². The van der Waals surface area contributed by atoms with Crippen molar-refractivity contribution in [3.05, 3.63) is 69.5 Å². The lowest BCUT2D eigenvalue weighted by atomic mass is 10.00. The Kier molecular flexibility index (Phi) is 5.10. The van der Waals surface area contributed by atoms with Crippen molar-refractivity contribution >= 4 is 49.6 Å². The number of carbonyl (C=O) groups is 2. The highest BCUT2D eigenvalue weighted by atomic mass is 32.1. The van der Waals surface area contributed by atoms with Gasteiger partial charge < -0.3 is 0 Å². The average molecular weight is 473 g/mol. The Hall–Kier alpha value is -3.04. The third-order valence-electron chi connectivity index (χ3n) is 5.29. The van der Waals surface area contributed by atoms with Gasteiger partial charge in [0.05, 0.1) is 16.1 Å². The van der Waals surface area contributed by atoms with Gasteiger partial charge in [0.15, 0.2) is 10.9 Å². The Balaban J connectivity index is 1.54. The molecule has 0 spiro atoms. The van der Waals surface area contributed by atoms with Gasteiger partial charge in [0.2, 0.25) is 0 Å². The maximum Gasteiger partial charge on any atom is 0.416 e. The monoisotopic (exact) mass is 472 g/mol. The van der Waals surface area contributed by atoms with Gasteiger partial charge in [-0.2, -0.15) is 13.2 Å². The average Bonchev–Trinajstić information content (AvgIpc) is 3.35. The zero-order chi connectivity index (χ0) is 22.5. The van der Waals surface area contributed by atoms with Gasteiger partial charge in [-0.1, -0.05) is 41.7 Å². The minimum absolute atomic E-state index is 0.0385. The first-order chi connectivity index (χ1) is 15.3. The summed E-state index contributed by atoms with van der Waals surface area (Å²) in [5.74, 6) is -0.365. The van der Waals surface area contributed by atoms with Crippen molar-refractivity contribution in [3.63, 3.8) is 0 Å². The summed E-state index contributed by atoms with van der Waals surface area (Å²) >= 11 is 2.43. The normalized spacial score (nSPS) is 13.9. The highest BCUT2D eigenvalue weighted by Gasteiger charge is 2.30. The molecule has 32 heavy (non-hydrogen) atoms. The molecule has 5 rings (SSSR count). The summed E-state index contributed by atoms with van der Waals surface area (Å²) in [7, 11) is 0. The van der Waals surface area contributed by atoms with Crippen molar-refractivity contribution in [2.75, 3.05) is 5.32 Å². The number of carbonyl (C=O) groups excluding carboxylic acids is 2. The van der Waals surface area contributed by atoms with Crippen LogP contribution in [0, 0.1) is 0 Å². The number of ketones is 1. The summed E-state index contributed by atoms with van der Waals surface area (Å²) in [6.45, 7) is 0. The molecular formula is C23H15F3N2O2S2. The molecule has 162 valence electrons. The Bertz CT molecular complexity index is 1350. The minimum Gasteiger partial charge on any atom is -0.297 e. The van der Waals surface area contributed by atoms with E-state index in [4.69, 9.17) is 0 Å². The van der Waals surface area contributed by atoms with Crippen molar-refractivity contribution in [3.8, 4) is 11.1 Å². The van der Waals surface area contributed by atoms with Crippen LogP contribution in [-0.4, -0.2) is 16.7 Å². The Morgan fingerprint density at radius 2 is 1.75 bits per heavy atom. The molecule has 0 aliphatic heterocycles.